The highest BCUT2D eigenvalue weighted by Crippen LogP contribution is 2.17. The van der Waals surface area contributed by atoms with Crippen LogP contribution in [0.2, 0.25) is 0 Å². The SMILES string of the molecule is CC(NC(=O)NC(Cc1cnc[nH]1)C(=O)O)c1cccs1. The van der Waals surface area contributed by atoms with Crippen LogP contribution in [0.15, 0.2) is 30.0 Å². The van der Waals surface area contributed by atoms with E-state index in [1.807, 2.05) is 24.4 Å². The molecule has 21 heavy (non-hydrogen) atoms. The van der Waals surface area contributed by atoms with Crippen molar-refractivity contribution in [2.45, 2.75) is 25.4 Å². The van der Waals surface area contributed by atoms with E-state index in [1.54, 1.807) is 0 Å². The molecule has 2 heterocycles. The molecular weight excluding hydrogens is 292 g/mol. The van der Waals surface area contributed by atoms with Gasteiger partial charge < -0.3 is 20.7 Å². The molecule has 0 saturated carbocycles. The van der Waals surface area contributed by atoms with Gasteiger partial charge in [0.1, 0.15) is 6.04 Å². The first-order valence-electron chi connectivity index (χ1n) is 6.36. The number of amides is 2. The fourth-order valence-electron chi connectivity index (χ4n) is 1.82. The van der Waals surface area contributed by atoms with Gasteiger partial charge in [-0.15, -0.1) is 11.3 Å². The summed E-state index contributed by atoms with van der Waals surface area (Å²) in [6.07, 6.45) is 3.15. The van der Waals surface area contributed by atoms with E-state index in [-0.39, 0.29) is 12.5 Å². The topological polar surface area (TPSA) is 107 Å². The second kappa shape index (κ2) is 6.89. The van der Waals surface area contributed by atoms with Gasteiger partial charge in [-0.3, -0.25) is 0 Å². The van der Waals surface area contributed by atoms with Crippen LogP contribution in [-0.2, 0) is 11.2 Å². The first kappa shape index (κ1) is 15.0. The van der Waals surface area contributed by atoms with Gasteiger partial charge in [0.15, 0.2) is 0 Å². The largest absolute Gasteiger partial charge is 0.480 e. The van der Waals surface area contributed by atoms with E-state index >= 15 is 0 Å². The third kappa shape index (κ3) is 4.32. The van der Waals surface area contributed by atoms with Gasteiger partial charge in [0.2, 0.25) is 0 Å². The third-order valence-electron chi connectivity index (χ3n) is 2.90. The van der Waals surface area contributed by atoms with E-state index in [4.69, 9.17) is 5.11 Å². The molecule has 2 rings (SSSR count). The van der Waals surface area contributed by atoms with Crippen molar-refractivity contribution in [3.63, 3.8) is 0 Å². The molecule has 0 aliphatic carbocycles. The van der Waals surface area contributed by atoms with Crippen LogP contribution in [-0.4, -0.2) is 33.1 Å². The Morgan fingerprint density at radius 3 is 2.86 bits per heavy atom. The monoisotopic (exact) mass is 308 g/mol. The number of nitrogens with one attached hydrogen (secondary N) is 3. The lowest BCUT2D eigenvalue weighted by atomic mass is 10.1. The molecule has 0 aliphatic heterocycles. The molecule has 4 N–H and O–H groups in total. The molecule has 2 aromatic rings. The van der Waals surface area contributed by atoms with Crippen molar-refractivity contribution in [1.29, 1.82) is 0 Å². The van der Waals surface area contributed by atoms with Gasteiger partial charge in [0.25, 0.3) is 0 Å². The second-order valence-electron chi connectivity index (χ2n) is 4.53. The maximum atomic E-state index is 11.9. The number of urea groups is 1. The zero-order chi connectivity index (χ0) is 15.2. The first-order valence-corrected chi connectivity index (χ1v) is 7.24. The van der Waals surface area contributed by atoms with Crippen LogP contribution < -0.4 is 10.6 Å². The number of hydrogen-bond donors (Lipinski definition) is 4. The lowest BCUT2D eigenvalue weighted by molar-refractivity contribution is -0.139. The van der Waals surface area contributed by atoms with Crippen LogP contribution in [0.3, 0.4) is 0 Å². The Balaban J connectivity index is 1.90. The van der Waals surface area contributed by atoms with Crippen molar-refractivity contribution >= 4 is 23.3 Å². The summed E-state index contributed by atoms with van der Waals surface area (Å²) in [4.78, 5) is 30.7. The Morgan fingerprint density at radius 2 is 2.29 bits per heavy atom. The molecule has 2 atom stereocenters. The summed E-state index contributed by atoms with van der Waals surface area (Å²) in [6, 6.07) is 2.11. The number of aromatic nitrogens is 2. The number of nitrogens with zero attached hydrogens (tertiary/aromatic N) is 1. The Morgan fingerprint density at radius 1 is 1.48 bits per heavy atom. The Bertz CT molecular complexity index is 583. The molecule has 7 nitrogen and oxygen atoms in total. The van der Waals surface area contributed by atoms with E-state index in [0.29, 0.717) is 5.69 Å². The molecule has 2 amide bonds. The number of rotatable bonds is 6. The van der Waals surface area contributed by atoms with Crippen LogP contribution in [0.5, 0.6) is 0 Å². The Labute approximate surface area is 125 Å². The molecule has 112 valence electrons. The molecule has 0 aliphatic rings. The predicted octanol–water partition coefficient (Wildman–Crippen LogP) is 1.53. The molecule has 8 heteroatoms. The van der Waals surface area contributed by atoms with Crippen LogP contribution in [0.4, 0.5) is 4.79 Å². The first-order chi connectivity index (χ1) is 10.1. The van der Waals surface area contributed by atoms with Crippen LogP contribution in [0.25, 0.3) is 0 Å². The van der Waals surface area contributed by atoms with Gasteiger partial charge in [-0.1, -0.05) is 6.07 Å². The number of thiophene rings is 1. The number of aromatic amines is 1. The average molecular weight is 308 g/mol. The molecule has 2 unspecified atom stereocenters. The predicted molar refractivity (Wildman–Crippen MR) is 78.1 cm³/mol. The summed E-state index contributed by atoms with van der Waals surface area (Å²) >= 11 is 1.53. The summed E-state index contributed by atoms with van der Waals surface area (Å²) in [6.45, 7) is 1.84. The number of H-pyrrole nitrogens is 1. The number of carbonyl (C=O) groups excluding carboxylic acids is 1. The standard InChI is InChI=1S/C13H16N4O3S/c1-8(11-3-2-4-21-11)16-13(20)17-10(12(18)19)5-9-6-14-7-15-9/h2-4,6-8,10H,5H2,1H3,(H,14,15)(H,18,19)(H2,16,17,20). The van der Waals surface area contributed by atoms with E-state index in [9.17, 15) is 9.59 Å². The molecule has 2 aromatic heterocycles. The second-order valence-corrected chi connectivity index (χ2v) is 5.51. The van der Waals surface area contributed by atoms with E-state index in [0.717, 1.165) is 4.88 Å². The van der Waals surface area contributed by atoms with Crippen molar-refractivity contribution in [3.8, 4) is 0 Å². The summed E-state index contributed by atoms with van der Waals surface area (Å²) in [7, 11) is 0. The van der Waals surface area contributed by atoms with Crippen molar-refractivity contribution in [3.05, 3.63) is 40.6 Å². The number of carbonyl (C=O) groups is 2. The van der Waals surface area contributed by atoms with Crippen LogP contribution >= 0.6 is 11.3 Å². The summed E-state index contributed by atoms with van der Waals surface area (Å²) in [5.41, 5.74) is 0.647. The van der Waals surface area contributed by atoms with E-state index in [1.165, 1.54) is 23.9 Å². The van der Waals surface area contributed by atoms with E-state index < -0.39 is 18.0 Å². The van der Waals surface area contributed by atoms with Gasteiger partial charge in [-0.05, 0) is 18.4 Å². The van der Waals surface area contributed by atoms with Crippen molar-refractivity contribution in [2.75, 3.05) is 0 Å². The maximum absolute atomic E-state index is 11.9. The molecule has 0 bridgehead atoms. The van der Waals surface area contributed by atoms with Crippen molar-refractivity contribution < 1.29 is 14.7 Å². The Kier molecular flexibility index (Phi) is 4.94. The molecule has 0 fully saturated rings. The van der Waals surface area contributed by atoms with Crippen LogP contribution in [0, 0.1) is 0 Å². The van der Waals surface area contributed by atoms with Crippen molar-refractivity contribution in [2.24, 2.45) is 0 Å². The van der Waals surface area contributed by atoms with Gasteiger partial charge in [0.05, 0.1) is 12.4 Å². The molecule has 0 aromatic carbocycles. The summed E-state index contributed by atoms with van der Waals surface area (Å²) in [5, 5.41) is 16.3. The highest BCUT2D eigenvalue weighted by Gasteiger charge is 2.22. The maximum Gasteiger partial charge on any atom is 0.326 e. The number of carboxylic acids is 1. The fraction of sp³-hybridized carbons (Fsp3) is 0.308. The number of aliphatic carboxylic acids is 1. The minimum absolute atomic E-state index is 0.149. The Hall–Kier alpha value is -2.35. The van der Waals surface area contributed by atoms with Gasteiger partial charge in [-0.2, -0.15) is 0 Å². The normalized spacial score (nSPS) is 13.4. The van der Waals surface area contributed by atoms with Crippen LogP contribution in [0.1, 0.15) is 23.5 Å². The lowest BCUT2D eigenvalue weighted by Crippen LogP contribution is -2.47. The van der Waals surface area contributed by atoms with Gasteiger partial charge >= 0.3 is 12.0 Å². The number of carboxylic acid groups (broad SMARTS) is 1. The van der Waals surface area contributed by atoms with E-state index in [2.05, 4.69) is 20.6 Å². The van der Waals surface area contributed by atoms with Gasteiger partial charge in [-0.25, -0.2) is 14.6 Å². The molecule has 0 spiro atoms. The number of imidazole rings is 1. The summed E-state index contributed by atoms with van der Waals surface area (Å²) in [5.74, 6) is -1.09. The molecular formula is C13H16N4O3S. The zero-order valence-corrected chi connectivity index (χ0v) is 12.2. The molecule has 0 radical (unpaired) electrons. The average Bonchev–Trinajstić information content (AvgIpc) is 3.10. The highest BCUT2D eigenvalue weighted by atomic mass is 32.1. The van der Waals surface area contributed by atoms with Crippen molar-refractivity contribution in [1.82, 2.24) is 20.6 Å². The van der Waals surface area contributed by atoms with Gasteiger partial charge in [0, 0.05) is 23.2 Å². The lowest BCUT2D eigenvalue weighted by Gasteiger charge is -2.17. The third-order valence-corrected chi connectivity index (χ3v) is 3.95. The highest BCUT2D eigenvalue weighted by molar-refractivity contribution is 7.10. The molecule has 0 saturated heterocycles. The quantitative estimate of drug-likeness (QED) is 0.649. The fourth-order valence-corrected chi connectivity index (χ4v) is 2.56. The minimum atomic E-state index is -1.09. The summed E-state index contributed by atoms with van der Waals surface area (Å²) < 4.78 is 0. The number of hydrogen-bond acceptors (Lipinski definition) is 4. The smallest absolute Gasteiger partial charge is 0.326 e. The zero-order valence-electron chi connectivity index (χ0n) is 11.4. The minimum Gasteiger partial charge on any atom is -0.480 e.